The number of nitrogens with zero attached hydrogens (tertiary/aromatic N) is 3. The molecule has 0 aromatic heterocycles. The first-order chi connectivity index (χ1) is 12.5. The number of hydrogen-bond acceptors (Lipinski definition) is 4. The molecule has 0 unspecified atom stereocenters. The van der Waals surface area contributed by atoms with Gasteiger partial charge in [-0.3, -0.25) is 9.59 Å². The van der Waals surface area contributed by atoms with Gasteiger partial charge in [-0.15, -0.1) is 0 Å². The summed E-state index contributed by atoms with van der Waals surface area (Å²) in [5.74, 6) is -0.931. The van der Waals surface area contributed by atoms with Crippen molar-refractivity contribution in [2.75, 3.05) is 57.3 Å². The maximum absolute atomic E-state index is 12.3. The van der Waals surface area contributed by atoms with E-state index in [1.807, 2.05) is 24.3 Å². The third-order valence-electron chi connectivity index (χ3n) is 4.77. The van der Waals surface area contributed by atoms with Gasteiger partial charge >= 0.3 is 11.8 Å². The molecule has 1 aromatic rings. The van der Waals surface area contributed by atoms with Crippen molar-refractivity contribution >= 4 is 29.1 Å². The van der Waals surface area contributed by atoms with Crippen LogP contribution in [0, 0.1) is 0 Å². The van der Waals surface area contributed by atoms with Gasteiger partial charge in [-0.05, 0) is 44.3 Å². The van der Waals surface area contributed by atoms with Gasteiger partial charge in [0.05, 0.1) is 0 Å². The molecule has 1 heterocycles. The maximum atomic E-state index is 12.3. The normalized spacial score (nSPS) is 14.6. The van der Waals surface area contributed by atoms with E-state index in [0.717, 1.165) is 31.7 Å². The molecule has 2 rings (SSSR count). The van der Waals surface area contributed by atoms with Crippen molar-refractivity contribution in [1.29, 1.82) is 0 Å². The summed E-state index contributed by atoms with van der Waals surface area (Å²) in [6.45, 7) is 10.2. The lowest BCUT2D eigenvalue weighted by Crippen LogP contribution is -2.52. The van der Waals surface area contributed by atoms with Crippen LogP contribution in [-0.2, 0) is 9.59 Å². The van der Waals surface area contributed by atoms with Crippen molar-refractivity contribution in [2.45, 2.75) is 20.3 Å². The summed E-state index contributed by atoms with van der Waals surface area (Å²) in [5.41, 5.74) is 1.05. The topological polar surface area (TPSA) is 55.9 Å². The van der Waals surface area contributed by atoms with Crippen LogP contribution >= 0.6 is 11.6 Å². The number of anilines is 1. The van der Waals surface area contributed by atoms with Crippen LogP contribution in [0.15, 0.2) is 24.3 Å². The number of amides is 2. The molecule has 2 amide bonds. The molecule has 1 aliphatic heterocycles. The lowest BCUT2D eigenvalue weighted by atomic mass is 10.2. The molecule has 1 aliphatic rings. The van der Waals surface area contributed by atoms with E-state index in [1.54, 1.807) is 4.90 Å². The Labute approximate surface area is 161 Å². The van der Waals surface area contributed by atoms with Gasteiger partial charge in [0, 0.05) is 43.4 Å². The van der Waals surface area contributed by atoms with Crippen LogP contribution in [0.25, 0.3) is 0 Å². The van der Waals surface area contributed by atoms with E-state index in [0.29, 0.717) is 37.7 Å². The molecule has 0 bridgehead atoms. The van der Waals surface area contributed by atoms with E-state index in [9.17, 15) is 9.59 Å². The second-order valence-corrected chi connectivity index (χ2v) is 6.83. The van der Waals surface area contributed by atoms with Crippen molar-refractivity contribution < 1.29 is 9.59 Å². The van der Waals surface area contributed by atoms with Crippen LogP contribution in [0.3, 0.4) is 0 Å². The summed E-state index contributed by atoms with van der Waals surface area (Å²) in [7, 11) is 0. The van der Waals surface area contributed by atoms with Crippen molar-refractivity contribution in [1.82, 2.24) is 15.1 Å². The second kappa shape index (κ2) is 10.4. The maximum Gasteiger partial charge on any atom is 0.312 e. The fourth-order valence-corrected chi connectivity index (χ4v) is 3.29. The molecule has 0 aliphatic carbocycles. The summed E-state index contributed by atoms with van der Waals surface area (Å²) >= 11 is 6.04. The molecule has 1 aromatic carbocycles. The monoisotopic (exact) mass is 380 g/mol. The number of benzene rings is 1. The molecule has 1 fully saturated rings. The van der Waals surface area contributed by atoms with Gasteiger partial charge in [0.2, 0.25) is 0 Å². The van der Waals surface area contributed by atoms with Crippen LogP contribution in [0.4, 0.5) is 5.69 Å². The Kier molecular flexibility index (Phi) is 8.19. The highest BCUT2D eigenvalue weighted by Gasteiger charge is 2.25. The van der Waals surface area contributed by atoms with Crippen LogP contribution < -0.4 is 10.2 Å². The van der Waals surface area contributed by atoms with Gasteiger partial charge in [0.25, 0.3) is 0 Å². The van der Waals surface area contributed by atoms with Gasteiger partial charge in [-0.1, -0.05) is 31.5 Å². The third kappa shape index (κ3) is 5.88. The second-order valence-electron chi connectivity index (χ2n) is 6.40. The largest absolute Gasteiger partial charge is 0.368 e. The highest BCUT2D eigenvalue weighted by Crippen LogP contribution is 2.20. The summed E-state index contributed by atoms with van der Waals surface area (Å²) in [4.78, 5) is 30.5. The Balaban J connectivity index is 1.72. The van der Waals surface area contributed by atoms with Gasteiger partial charge in [-0.2, -0.15) is 0 Å². The first-order valence-electron chi connectivity index (χ1n) is 9.35. The molecule has 26 heavy (non-hydrogen) atoms. The Morgan fingerprint density at radius 1 is 1.15 bits per heavy atom. The van der Waals surface area contributed by atoms with Crippen LogP contribution in [-0.4, -0.2) is 74.0 Å². The van der Waals surface area contributed by atoms with Gasteiger partial charge in [0.15, 0.2) is 0 Å². The molecule has 0 atom stereocenters. The number of halogens is 1. The molecule has 0 saturated carbocycles. The number of hydrogen-bond donors (Lipinski definition) is 1. The first kappa shape index (κ1) is 20.5. The fraction of sp³-hybridized carbons (Fsp3) is 0.579. The minimum Gasteiger partial charge on any atom is -0.368 e. The van der Waals surface area contributed by atoms with E-state index < -0.39 is 11.8 Å². The molecule has 0 spiro atoms. The van der Waals surface area contributed by atoms with Crippen LogP contribution in [0.1, 0.15) is 20.3 Å². The molecule has 1 N–H and O–H groups in total. The quantitative estimate of drug-likeness (QED) is 0.579. The minimum atomic E-state index is -0.499. The predicted octanol–water partition coefficient (Wildman–Crippen LogP) is 1.84. The summed E-state index contributed by atoms with van der Waals surface area (Å²) < 4.78 is 0. The average Bonchev–Trinajstić information content (AvgIpc) is 2.67. The van der Waals surface area contributed by atoms with Crippen LogP contribution in [0.5, 0.6) is 0 Å². The summed E-state index contributed by atoms with van der Waals surface area (Å²) in [6.07, 6.45) is 0.850. The fourth-order valence-electron chi connectivity index (χ4n) is 3.10. The zero-order valence-electron chi connectivity index (χ0n) is 15.7. The molecule has 144 valence electrons. The van der Waals surface area contributed by atoms with Gasteiger partial charge in [0.1, 0.15) is 0 Å². The van der Waals surface area contributed by atoms with Crippen molar-refractivity contribution in [2.24, 2.45) is 0 Å². The van der Waals surface area contributed by atoms with Crippen molar-refractivity contribution in [3.8, 4) is 0 Å². The smallest absolute Gasteiger partial charge is 0.312 e. The first-order valence-corrected chi connectivity index (χ1v) is 9.73. The summed E-state index contributed by atoms with van der Waals surface area (Å²) in [5, 5.41) is 3.44. The van der Waals surface area contributed by atoms with E-state index >= 15 is 0 Å². The minimum absolute atomic E-state index is 0.432. The van der Waals surface area contributed by atoms with E-state index in [1.165, 1.54) is 0 Å². The molecule has 1 saturated heterocycles. The highest BCUT2D eigenvalue weighted by molar-refractivity contribution is 6.35. The zero-order valence-corrected chi connectivity index (χ0v) is 16.5. The van der Waals surface area contributed by atoms with Gasteiger partial charge in [-0.25, -0.2) is 0 Å². The lowest BCUT2D eigenvalue weighted by Gasteiger charge is -2.35. The van der Waals surface area contributed by atoms with Crippen LogP contribution in [0.2, 0.25) is 5.02 Å². The SMILES string of the molecule is CCN(CC)CCCNC(=O)C(=O)N1CCN(c2cccc(Cl)c2)CC1. The predicted molar refractivity (Wildman–Crippen MR) is 106 cm³/mol. The van der Waals surface area contributed by atoms with E-state index in [4.69, 9.17) is 11.6 Å². The Morgan fingerprint density at radius 3 is 2.46 bits per heavy atom. The third-order valence-corrected chi connectivity index (χ3v) is 5.00. The number of carbonyl (C=O) groups excluding carboxylic acids is 2. The molecule has 6 nitrogen and oxygen atoms in total. The molecule has 0 radical (unpaired) electrons. The molecular formula is C19H29ClN4O2. The summed E-state index contributed by atoms with van der Waals surface area (Å²) in [6, 6.07) is 7.68. The van der Waals surface area contributed by atoms with Gasteiger partial charge < -0.3 is 20.0 Å². The Morgan fingerprint density at radius 2 is 1.85 bits per heavy atom. The molecular weight excluding hydrogens is 352 g/mol. The zero-order chi connectivity index (χ0) is 18.9. The van der Waals surface area contributed by atoms with Crippen molar-refractivity contribution in [3.63, 3.8) is 0 Å². The number of nitrogens with one attached hydrogen (secondary N) is 1. The lowest BCUT2D eigenvalue weighted by molar-refractivity contribution is -0.146. The molecule has 7 heteroatoms. The van der Waals surface area contributed by atoms with E-state index in [-0.39, 0.29) is 0 Å². The van der Waals surface area contributed by atoms with E-state index in [2.05, 4.69) is 29.0 Å². The number of rotatable bonds is 7. The Bertz CT molecular complexity index is 599. The number of piperazine rings is 1. The average molecular weight is 381 g/mol. The number of carbonyl (C=O) groups is 2. The van der Waals surface area contributed by atoms with Crippen molar-refractivity contribution in [3.05, 3.63) is 29.3 Å². The standard InChI is InChI=1S/C19H29ClN4O2/c1-3-22(4-2)10-6-9-21-18(25)19(26)24-13-11-23(12-14-24)17-8-5-7-16(20)15-17/h5,7-8,15H,3-4,6,9-14H2,1-2H3,(H,21,25). The Hall–Kier alpha value is -1.79. The highest BCUT2D eigenvalue weighted by atomic mass is 35.5.